The molecular formula is C18H16IN3O4S. The monoisotopic (exact) mass is 497 g/mol. The van der Waals surface area contributed by atoms with E-state index in [1.807, 2.05) is 42.5 Å². The number of thioether (sulfide) groups is 1. The van der Waals surface area contributed by atoms with Crippen LogP contribution in [-0.4, -0.2) is 29.0 Å². The molecule has 0 aliphatic carbocycles. The summed E-state index contributed by atoms with van der Waals surface area (Å²) in [6, 6.07) is 14.8. The third kappa shape index (κ3) is 5.86. The molecule has 0 fully saturated rings. The van der Waals surface area contributed by atoms with E-state index in [1.165, 1.54) is 11.8 Å². The first-order chi connectivity index (χ1) is 13.1. The molecule has 1 N–H and O–H groups in total. The minimum absolute atomic E-state index is 0.134. The predicted molar refractivity (Wildman–Crippen MR) is 110 cm³/mol. The van der Waals surface area contributed by atoms with Crippen molar-refractivity contribution in [2.75, 3.05) is 18.2 Å². The van der Waals surface area contributed by atoms with Crippen LogP contribution in [0.2, 0.25) is 0 Å². The summed E-state index contributed by atoms with van der Waals surface area (Å²) in [6.45, 7) is 0.134. The Morgan fingerprint density at radius 2 is 2.00 bits per heavy atom. The van der Waals surface area contributed by atoms with Crippen LogP contribution >= 0.6 is 34.4 Å². The second-order valence-electron chi connectivity index (χ2n) is 5.25. The summed E-state index contributed by atoms with van der Waals surface area (Å²) in [5.41, 5.74) is 0.779. The van der Waals surface area contributed by atoms with E-state index in [0.717, 1.165) is 9.26 Å². The van der Waals surface area contributed by atoms with Crippen molar-refractivity contribution in [2.24, 2.45) is 0 Å². The van der Waals surface area contributed by atoms with Crippen LogP contribution in [0.1, 0.15) is 5.89 Å². The number of benzene rings is 2. The summed E-state index contributed by atoms with van der Waals surface area (Å²) in [5, 5.41) is 11.0. The molecule has 27 heavy (non-hydrogen) atoms. The minimum Gasteiger partial charge on any atom is -0.497 e. The normalized spacial score (nSPS) is 10.4. The molecule has 0 saturated carbocycles. The molecule has 2 aromatic carbocycles. The molecule has 0 radical (unpaired) electrons. The Kier molecular flexibility index (Phi) is 6.93. The van der Waals surface area contributed by atoms with Crippen molar-refractivity contribution in [1.82, 2.24) is 10.2 Å². The first-order valence-electron chi connectivity index (χ1n) is 7.90. The zero-order valence-corrected chi connectivity index (χ0v) is 17.3. The molecule has 0 atom stereocenters. The van der Waals surface area contributed by atoms with Gasteiger partial charge in [0.1, 0.15) is 11.5 Å². The third-order valence-electron chi connectivity index (χ3n) is 3.33. The summed E-state index contributed by atoms with van der Waals surface area (Å²) in [4.78, 5) is 12.1. The lowest BCUT2D eigenvalue weighted by molar-refractivity contribution is -0.113. The number of rotatable bonds is 8. The van der Waals surface area contributed by atoms with Crippen LogP contribution in [0.4, 0.5) is 5.69 Å². The van der Waals surface area contributed by atoms with Gasteiger partial charge < -0.3 is 19.2 Å². The maximum Gasteiger partial charge on any atom is 0.277 e. The van der Waals surface area contributed by atoms with Gasteiger partial charge in [0, 0.05) is 9.64 Å². The molecule has 0 aliphatic rings. The number of amides is 1. The number of nitrogens with zero attached hydrogens (tertiary/aromatic N) is 2. The number of aromatic nitrogens is 2. The van der Waals surface area contributed by atoms with Crippen molar-refractivity contribution in [2.45, 2.75) is 11.8 Å². The second kappa shape index (κ2) is 9.60. The van der Waals surface area contributed by atoms with Gasteiger partial charge in [-0.05, 0) is 46.9 Å². The fourth-order valence-electron chi connectivity index (χ4n) is 2.07. The first kappa shape index (κ1) is 19.5. The topological polar surface area (TPSA) is 86.5 Å². The van der Waals surface area contributed by atoms with Crippen molar-refractivity contribution >= 4 is 45.9 Å². The molecule has 1 heterocycles. The highest BCUT2D eigenvalue weighted by molar-refractivity contribution is 14.1. The number of hydrogen-bond acceptors (Lipinski definition) is 7. The third-order valence-corrected chi connectivity index (χ3v) is 5.09. The number of anilines is 1. The molecular weight excluding hydrogens is 481 g/mol. The Balaban J connectivity index is 1.47. The fourth-order valence-corrected chi connectivity index (χ4v) is 3.17. The summed E-state index contributed by atoms with van der Waals surface area (Å²) < 4.78 is 17.2. The fraction of sp³-hybridized carbons (Fsp3) is 0.167. The van der Waals surface area contributed by atoms with Crippen molar-refractivity contribution in [1.29, 1.82) is 0 Å². The lowest BCUT2D eigenvalue weighted by atomic mass is 10.3. The van der Waals surface area contributed by atoms with Crippen LogP contribution in [0.5, 0.6) is 11.5 Å². The van der Waals surface area contributed by atoms with Gasteiger partial charge in [-0.1, -0.05) is 30.0 Å². The molecule has 0 spiro atoms. The number of hydrogen-bond donors (Lipinski definition) is 1. The Hall–Kier alpha value is -2.27. The van der Waals surface area contributed by atoms with Crippen molar-refractivity contribution in [3.63, 3.8) is 0 Å². The van der Waals surface area contributed by atoms with Gasteiger partial charge >= 0.3 is 0 Å². The van der Waals surface area contributed by atoms with E-state index < -0.39 is 0 Å². The maximum absolute atomic E-state index is 12.1. The van der Waals surface area contributed by atoms with E-state index in [4.69, 9.17) is 13.9 Å². The maximum atomic E-state index is 12.1. The van der Waals surface area contributed by atoms with E-state index in [9.17, 15) is 4.79 Å². The van der Waals surface area contributed by atoms with Crippen LogP contribution in [0.15, 0.2) is 58.2 Å². The molecule has 0 bridgehead atoms. The van der Waals surface area contributed by atoms with Gasteiger partial charge in [0.25, 0.3) is 11.1 Å². The lowest BCUT2D eigenvalue weighted by Crippen LogP contribution is -2.14. The molecule has 1 aromatic heterocycles. The van der Waals surface area contributed by atoms with Crippen LogP contribution in [0.3, 0.4) is 0 Å². The minimum atomic E-state index is -0.142. The molecule has 3 rings (SSSR count). The number of nitrogens with one attached hydrogen (secondary N) is 1. The van der Waals surface area contributed by atoms with Gasteiger partial charge in [0.05, 0.1) is 18.6 Å². The molecule has 0 saturated heterocycles. The van der Waals surface area contributed by atoms with Crippen molar-refractivity contribution in [3.05, 3.63) is 58.0 Å². The van der Waals surface area contributed by atoms with Gasteiger partial charge in [-0.2, -0.15) is 0 Å². The average molecular weight is 497 g/mol. The molecule has 140 valence electrons. The second-order valence-corrected chi connectivity index (χ2v) is 7.33. The summed E-state index contributed by atoms with van der Waals surface area (Å²) in [5.74, 6) is 1.70. The van der Waals surface area contributed by atoms with Gasteiger partial charge in [-0.3, -0.25) is 4.79 Å². The van der Waals surface area contributed by atoms with Crippen LogP contribution in [0, 0.1) is 3.57 Å². The molecule has 0 unspecified atom stereocenters. The molecule has 7 nitrogen and oxygen atoms in total. The van der Waals surface area contributed by atoms with Crippen LogP contribution in [0.25, 0.3) is 0 Å². The van der Waals surface area contributed by atoms with Gasteiger partial charge in [-0.25, -0.2) is 0 Å². The summed E-state index contributed by atoms with van der Waals surface area (Å²) in [6.07, 6.45) is 0. The number of carbonyl (C=O) groups is 1. The predicted octanol–water partition coefficient (Wildman–Crippen LogP) is 3.99. The SMILES string of the molecule is COc1cccc(OCc2nnc(SCC(=O)Nc3ccccc3I)o2)c1. The van der Waals surface area contributed by atoms with Gasteiger partial charge in [-0.15, -0.1) is 10.2 Å². The molecule has 3 aromatic rings. The lowest BCUT2D eigenvalue weighted by Gasteiger charge is -2.06. The highest BCUT2D eigenvalue weighted by atomic mass is 127. The highest BCUT2D eigenvalue weighted by Gasteiger charge is 2.11. The standard InChI is InChI=1S/C18H16IN3O4S/c1-24-12-5-4-6-13(9-12)25-10-17-21-22-18(26-17)27-11-16(23)20-15-8-3-2-7-14(15)19/h2-9H,10-11H2,1H3,(H,20,23). The summed E-state index contributed by atoms with van der Waals surface area (Å²) in [7, 11) is 1.59. The van der Waals surface area contributed by atoms with Crippen molar-refractivity contribution in [3.8, 4) is 11.5 Å². The van der Waals surface area contributed by atoms with E-state index >= 15 is 0 Å². The van der Waals surface area contributed by atoms with E-state index in [2.05, 4.69) is 38.1 Å². The largest absolute Gasteiger partial charge is 0.497 e. The van der Waals surface area contributed by atoms with Crippen LogP contribution in [-0.2, 0) is 11.4 Å². The zero-order valence-electron chi connectivity index (χ0n) is 14.3. The van der Waals surface area contributed by atoms with Gasteiger partial charge in [0.2, 0.25) is 5.91 Å². The Morgan fingerprint density at radius 1 is 1.19 bits per heavy atom. The molecule has 0 aliphatic heterocycles. The number of ether oxygens (including phenoxy) is 2. The number of methoxy groups -OCH3 is 1. The number of para-hydroxylation sites is 1. The zero-order chi connectivity index (χ0) is 19.1. The summed E-state index contributed by atoms with van der Waals surface area (Å²) >= 11 is 3.34. The smallest absolute Gasteiger partial charge is 0.277 e. The van der Waals surface area contributed by atoms with E-state index in [-0.39, 0.29) is 18.3 Å². The molecule has 9 heteroatoms. The highest BCUT2D eigenvalue weighted by Crippen LogP contribution is 2.22. The van der Waals surface area contributed by atoms with E-state index in [0.29, 0.717) is 22.6 Å². The first-order valence-corrected chi connectivity index (χ1v) is 9.97. The van der Waals surface area contributed by atoms with E-state index in [1.54, 1.807) is 13.2 Å². The Morgan fingerprint density at radius 3 is 2.81 bits per heavy atom. The number of halogens is 1. The Bertz CT molecular complexity index is 919. The number of carbonyl (C=O) groups excluding carboxylic acids is 1. The van der Waals surface area contributed by atoms with Crippen LogP contribution < -0.4 is 14.8 Å². The van der Waals surface area contributed by atoms with Gasteiger partial charge in [0.15, 0.2) is 6.61 Å². The molecule has 1 amide bonds. The Labute approximate surface area is 174 Å². The van der Waals surface area contributed by atoms with Crippen molar-refractivity contribution < 1.29 is 18.7 Å². The average Bonchev–Trinajstić information content (AvgIpc) is 3.15. The quantitative estimate of drug-likeness (QED) is 0.372.